The summed E-state index contributed by atoms with van der Waals surface area (Å²) >= 11 is 0. The predicted octanol–water partition coefficient (Wildman–Crippen LogP) is 2.85. The van der Waals surface area contributed by atoms with E-state index in [1.165, 1.54) is 17.2 Å². The fraction of sp³-hybridized carbons (Fsp3) is 0.350. The van der Waals surface area contributed by atoms with Crippen LogP contribution >= 0.6 is 0 Å². The molecule has 1 aliphatic rings. The zero-order valence-corrected chi connectivity index (χ0v) is 17.1. The number of benzene rings is 1. The minimum absolute atomic E-state index is 0.0734. The Labute approximate surface area is 177 Å². The summed E-state index contributed by atoms with van der Waals surface area (Å²) in [6.45, 7) is 5.09. The highest BCUT2D eigenvalue weighted by molar-refractivity contribution is 5.89. The van der Waals surface area contributed by atoms with Crippen molar-refractivity contribution in [3.05, 3.63) is 47.7 Å². The maximum absolute atomic E-state index is 13.8. The third kappa shape index (κ3) is 4.17. The quantitative estimate of drug-likeness (QED) is 0.609. The molecular formula is C20H21FN6O4. The predicted molar refractivity (Wildman–Crippen MR) is 108 cm³/mol. The Hall–Kier alpha value is -3.60. The minimum atomic E-state index is -0.792. The topological polar surface area (TPSA) is 127 Å². The number of aliphatic hydroxyl groups excluding tert-OH is 1. The van der Waals surface area contributed by atoms with Crippen LogP contribution in [0.1, 0.15) is 31.3 Å². The van der Waals surface area contributed by atoms with Gasteiger partial charge in [0.1, 0.15) is 30.3 Å². The second kappa shape index (κ2) is 8.26. The van der Waals surface area contributed by atoms with Gasteiger partial charge in [0.2, 0.25) is 17.7 Å². The summed E-state index contributed by atoms with van der Waals surface area (Å²) in [5.74, 6) is 0.676. The van der Waals surface area contributed by atoms with Gasteiger partial charge in [0, 0.05) is 11.8 Å². The van der Waals surface area contributed by atoms with Crippen molar-refractivity contribution in [3.8, 4) is 11.4 Å². The molecule has 2 aromatic heterocycles. The molecule has 1 saturated heterocycles. The molecule has 3 heterocycles. The fourth-order valence-corrected chi connectivity index (χ4v) is 3.12. The van der Waals surface area contributed by atoms with Gasteiger partial charge in [-0.2, -0.15) is 9.97 Å². The van der Waals surface area contributed by atoms with Gasteiger partial charge in [-0.15, -0.1) is 0 Å². The number of carbonyl (C=O) groups is 1. The van der Waals surface area contributed by atoms with E-state index < -0.39 is 24.3 Å². The number of anilines is 2. The molecule has 1 fully saturated rings. The molecule has 0 radical (unpaired) electrons. The Morgan fingerprint density at radius 1 is 1.29 bits per heavy atom. The van der Waals surface area contributed by atoms with E-state index in [0.29, 0.717) is 16.9 Å². The Kier molecular flexibility index (Phi) is 5.51. The second-order valence-electron chi connectivity index (χ2n) is 7.28. The summed E-state index contributed by atoms with van der Waals surface area (Å²) in [5.41, 5.74) is 1.03. The maximum atomic E-state index is 13.8. The highest BCUT2D eigenvalue weighted by Gasteiger charge is 2.38. The van der Waals surface area contributed by atoms with Crippen LogP contribution in [0.15, 0.2) is 35.0 Å². The first kappa shape index (κ1) is 20.7. The number of nitrogens with zero attached hydrogens (tertiary/aromatic N) is 5. The minimum Gasteiger partial charge on any atom is -0.447 e. The van der Waals surface area contributed by atoms with Gasteiger partial charge in [-0.05, 0) is 38.5 Å². The van der Waals surface area contributed by atoms with E-state index >= 15 is 0 Å². The van der Waals surface area contributed by atoms with E-state index in [4.69, 9.17) is 9.26 Å². The Morgan fingerprint density at radius 3 is 2.84 bits per heavy atom. The first-order valence-electron chi connectivity index (χ1n) is 9.67. The number of aromatic nitrogens is 4. The summed E-state index contributed by atoms with van der Waals surface area (Å²) in [5, 5.41) is 16.9. The number of ether oxygens (including phenoxy) is 1. The number of amides is 1. The molecule has 0 bridgehead atoms. The van der Waals surface area contributed by atoms with Gasteiger partial charge < -0.3 is 19.7 Å². The van der Waals surface area contributed by atoms with Gasteiger partial charge >= 0.3 is 6.09 Å². The number of hydrogen-bond acceptors (Lipinski definition) is 9. The molecule has 0 spiro atoms. The van der Waals surface area contributed by atoms with Gasteiger partial charge in [0.25, 0.3) is 0 Å². The highest BCUT2D eigenvalue weighted by Crippen LogP contribution is 2.25. The lowest BCUT2D eigenvalue weighted by Crippen LogP contribution is -2.41. The molecule has 1 aliphatic heterocycles. The van der Waals surface area contributed by atoms with Crippen LogP contribution in [0.4, 0.5) is 21.0 Å². The number of carbonyl (C=O) groups excluding carboxylic acids is 1. The van der Waals surface area contributed by atoms with Gasteiger partial charge in [-0.25, -0.2) is 14.2 Å². The Balaban J connectivity index is 1.51. The van der Waals surface area contributed by atoms with Crippen molar-refractivity contribution < 1.29 is 23.6 Å². The molecule has 0 unspecified atom stereocenters. The molecular weight excluding hydrogens is 407 g/mol. The zero-order chi connectivity index (χ0) is 22.1. The number of halogens is 1. The number of rotatable bonds is 6. The molecule has 31 heavy (non-hydrogen) atoms. The normalized spacial score (nSPS) is 18.0. The molecule has 11 heteroatoms. The van der Waals surface area contributed by atoms with Crippen molar-refractivity contribution in [3.63, 3.8) is 0 Å². The fourth-order valence-electron chi connectivity index (χ4n) is 3.12. The highest BCUT2D eigenvalue weighted by atomic mass is 19.1. The number of nitrogens with one attached hydrogen (secondary N) is 1. The molecule has 162 valence electrons. The van der Waals surface area contributed by atoms with E-state index in [1.807, 2.05) is 0 Å². The summed E-state index contributed by atoms with van der Waals surface area (Å²) < 4.78 is 24.2. The van der Waals surface area contributed by atoms with Gasteiger partial charge in [0.15, 0.2) is 0 Å². The molecule has 1 amide bonds. The molecule has 2 N–H and O–H groups in total. The lowest BCUT2D eigenvalue weighted by atomic mass is 10.1. The van der Waals surface area contributed by atoms with E-state index in [-0.39, 0.29) is 30.1 Å². The van der Waals surface area contributed by atoms with Crippen LogP contribution in [0, 0.1) is 12.7 Å². The molecule has 3 aromatic rings. The number of hydrogen-bond donors (Lipinski definition) is 2. The SMILES string of the molecule is Cc1ccc(-c2noc([C@@H](C)Nc3nccc(N4C(=O)OC[C@@H]4[C@@H](C)O)n3)n2)cc1F. The number of cyclic esters (lactones) is 1. The molecule has 4 rings (SSSR count). The van der Waals surface area contributed by atoms with Crippen LogP contribution in [-0.4, -0.2) is 50.1 Å². The number of aliphatic hydroxyl groups is 1. The van der Waals surface area contributed by atoms with Crippen molar-refractivity contribution in [2.45, 2.75) is 39.0 Å². The van der Waals surface area contributed by atoms with Crippen molar-refractivity contribution >= 4 is 17.9 Å². The van der Waals surface area contributed by atoms with E-state index in [9.17, 15) is 14.3 Å². The first-order chi connectivity index (χ1) is 14.8. The Morgan fingerprint density at radius 2 is 2.10 bits per heavy atom. The average Bonchev–Trinajstić information content (AvgIpc) is 3.37. The monoisotopic (exact) mass is 428 g/mol. The molecule has 10 nitrogen and oxygen atoms in total. The van der Waals surface area contributed by atoms with Crippen molar-refractivity contribution in [2.75, 3.05) is 16.8 Å². The van der Waals surface area contributed by atoms with Crippen LogP contribution in [0.2, 0.25) is 0 Å². The molecule has 0 aliphatic carbocycles. The van der Waals surface area contributed by atoms with Crippen LogP contribution < -0.4 is 10.2 Å². The largest absolute Gasteiger partial charge is 0.447 e. The lowest BCUT2D eigenvalue weighted by Gasteiger charge is -2.22. The standard InChI is InChI=1S/C20H21FN6O4/c1-10-4-5-13(8-14(10)21)17-25-18(31-26-17)11(2)23-19-22-7-6-16(24-19)27-15(12(3)28)9-30-20(27)29/h4-8,11-12,15,28H,9H2,1-3H3,(H,22,23,24)/t11-,12-,15-/m1/s1. The van der Waals surface area contributed by atoms with Gasteiger partial charge in [-0.3, -0.25) is 4.90 Å². The Bertz CT molecular complexity index is 1100. The summed E-state index contributed by atoms with van der Waals surface area (Å²) in [7, 11) is 0. The van der Waals surface area contributed by atoms with Crippen LogP contribution in [0.3, 0.4) is 0 Å². The van der Waals surface area contributed by atoms with E-state index in [2.05, 4.69) is 25.4 Å². The van der Waals surface area contributed by atoms with Crippen molar-refractivity contribution in [2.24, 2.45) is 0 Å². The van der Waals surface area contributed by atoms with Crippen LogP contribution in [0.25, 0.3) is 11.4 Å². The third-order valence-corrected chi connectivity index (χ3v) is 4.94. The molecule has 3 atom stereocenters. The van der Waals surface area contributed by atoms with Crippen LogP contribution in [-0.2, 0) is 4.74 Å². The van der Waals surface area contributed by atoms with E-state index in [0.717, 1.165) is 0 Å². The zero-order valence-electron chi connectivity index (χ0n) is 17.1. The smallest absolute Gasteiger partial charge is 0.416 e. The average molecular weight is 428 g/mol. The summed E-state index contributed by atoms with van der Waals surface area (Å²) in [6, 6.07) is 5.25. The van der Waals surface area contributed by atoms with Crippen molar-refractivity contribution in [1.82, 2.24) is 20.1 Å². The maximum Gasteiger partial charge on any atom is 0.416 e. The van der Waals surface area contributed by atoms with Crippen LogP contribution in [0.5, 0.6) is 0 Å². The van der Waals surface area contributed by atoms with Gasteiger partial charge in [0.05, 0.1) is 6.10 Å². The third-order valence-electron chi connectivity index (χ3n) is 4.94. The summed E-state index contributed by atoms with van der Waals surface area (Å²) in [6.07, 6.45) is 0.104. The van der Waals surface area contributed by atoms with Crippen molar-refractivity contribution in [1.29, 1.82) is 0 Å². The summed E-state index contributed by atoms with van der Waals surface area (Å²) in [4.78, 5) is 26.2. The molecule has 1 aromatic carbocycles. The van der Waals surface area contributed by atoms with E-state index in [1.54, 1.807) is 39.0 Å². The second-order valence-corrected chi connectivity index (χ2v) is 7.28. The number of aryl methyl sites for hydroxylation is 1. The molecule has 0 saturated carbocycles. The lowest BCUT2D eigenvalue weighted by molar-refractivity contribution is 0.142. The van der Waals surface area contributed by atoms with Gasteiger partial charge in [-0.1, -0.05) is 17.3 Å². The first-order valence-corrected chi connectivity index (χ1v) is 9.67.